The molecule has 0 aromatic heterocycles. The Morgan fingerprint density at radius 3 is 2.33 bits per heavy atom. The van der Waals surface area contributed by atoms with Gasteiger partial charge in [0.15, 0.2) is 0 Å². The van der Waals surface area contributed by atoms with Gasteiger partial charge in [0.25, 0.3) is 5.96 Å². The predicted octanol–water partition coefficient (Wildman–Crippen LogP) is -0.502. The average molecular weight is 205 g/mol. The van der Waals surface area contributed by atoms with E-state index in [9.17, 15) is 0 Å². The van der Waals surface area contributed by atoms with E-state index < -0.39 is 0 Å². The molecule has 4 nitrogen and oxygen atoms in total. The lowest BCUT2D eigenvalue weighted by molar-refractivity contribution is -0.456. The van der Waals surface area contributed by atoms with Crippen LogP contribution in [-0.4, -0.2) is 12.2 Å². The summed E-state index contributed by atoms with van der Waals surface area (Å²) >= 11 is 0. The Hall–Kier alpha value is -1.84. The van der Waals surface area contributed by atoms with Crippen molar-refractivity contribution in [2.24, 2.45) is 16.6 Å². The van der Waals surface area contributed by atoms with Gasteiger partial charge in [-0.1, -0.05) is 26.0 Å². The van der Waals surface area contributed by atoms with Crippen molar-refractivity contribution in [3.8, 4) is 0 Å². The number of hydrazone groups is 1. The van der Waals surface area contributed by atoms with Crippen molar-refractivity contribution >= 4 is 12.2 Å². The monoisotopic (exact) mass is 205 g/mol. The molecule has 0 aliphatic carbocycles. The first kappa shape index (κ1) is 11.2. The number of nitrogens with zero attached hydrogens (tertiary/aromatic N) is 1. The maximum atomic E-state index is 5.17. The Labute approximate surface area is 89.7 Å². The average Bonchev–Trinajstić information content (AvgIpc) is 2.18. The van der Waals surface area contributed by atoms with Gasteiger partial charge in [-0.25, -0.2) is 0 Å². The number of hydrogen-bond donors (Lipinski definition) is 3. The van der Waals surface area contributed by atoms with E-state index >= 15 is 0 Å². The van der Waals surface area contributed by atoms with Gasteiger partial charge in [-0.05, 0) is 23.6 Å². The second-order valence-corrected chi connectivity index (χ2v) is 3.63. The highest BCUT2D eigenvalue weighted by molar-refractivity contribution is 5.76. The molecule has 5 N–H and O–H groups in total. The third kappa shape index (κ3) is 3.81. The molecule has 0 amide bonds. The summed E-state index contributed by atoms with van der Waals surface area (Å²) in [5.74, 6) is 0.565. The van der Waals surface area contributed by atoms with Gasteiger partial charge >= 0.3 is 0 Å². The largest absolute Gasteiger partial charge is 0.365 e. The minimum Gasteiger partial charge on any atom is -0.365 e. The van der Waals surface area contributed by atoms with Gasteiger partial charge in [-0.2, -0.15) is 0 Å². The molecule has 0 atom stereocenters. The molecule has 0 heterocycles. The summed E-state index contributed by atoms with van der Waals surface area (Å²) < 4.78 is 0. The van der Waals surface area contributed by atoms with Gasteiger partial charge < -0.3 is 11.5 Å². The summed E-state index contributed by atoms with van der Waals surface area (Å²) in [5.41, 5.74) is 12.7. The van der Waals surface area contributed by atoms with Crippen LogP contribution in [0.1, 0.15) is 30.9 Å². The van der Waals surface area contributed by atoms with Crippen LogP contribution in [-0.2, 0) is 0 Å². The molecule has 15 heavy (non-hydrogen) atoms. The van der Waals surface area contributed by atoms with Gasteiger partial charge in [0, 0.05) is 10.7 Å². The molecular weight excluding hydrogens is 188 g/mol. The lowest BCUT2D eigenvalue weighted by Crippen LogP contribution is -2.63. The molecule has 0 fully saturated rings. The summed E-state index contributed by atoms with van der Waals surface area (Å²) in [7, 11) is 0. The van der Waals surface area contributed by atoms with Gasteiger partial charge in [-0.15, -0.1) is 5.10 Å². The molecule has 0 saturated carbocycles. The molecule has 0 saturated heterocycles. The molecule has 0 spiro atoms. The number of benzene rings is 1. The molecule has 1 aromatic rings. The van der Waals surface area contributed by atoms with Crippen LogP contribution >= 0.6 is 0 Å². The molecule has 1 rings (SSSR count). The molecule has 0 aliphatic rings. The van der Waals surface area contributed by atoms with E-state index in [4.69, 9.17) is 11.5 Å². The molecule has 1 aromatic carbocycles. The van der Waals surface area contributed by atoms with Crippen molar-refractivity contribution in [1.29, 1.82) is 0 Å². The minimum atomic E-state index is 0.0186. The van der Waals surface area contributed by atoms with Crippen molar-refractivity contribution in [3.05, 3.63) is 35.4 Å². The van der Waals surface area contributed by atoms with E-state index in [1.165, 1.54) is 5.56 Å². The lowest BCUT2D eigenvalue weighted by atomic mass is 10.0. The first-order valence-corrected chi connectivity index (χ1v) is 4.87. The predicted molar refractivity (Wildman–Crippen MR) is 62.5 cm³/mol. The highest BCUT2D eigenvalue weighted by atomic mass is 15.3. The summed E-state index contributed by atoms with van der Waals surface area (Å²) in [4.78, 5) is 0. The van der Waals surface area contributed by atoms with Crippen LogP contribution in [0.2, 0.25) is 0 Å². The van der Waals surface area contributed by atoms with E-state index in [0.29, 0.717) is 5.92 Å². The summed E-state index contributed by atoms with van der Waals surface area (Å²) in [6.45, 7) is 4.33. The van der Waals surface area contributed by atoms with E-state index in [1.54, 1.807) is 6.21 Å². The van der Waals surface area contributed by atoms with Gasteiger partial charge in [0.2, 0.25) is 6.21 Å². The third-order valence-corrected chi connectivity index (χ3v) is 2.03. The van der Waals surface area contributed by atoms with E-state index in [2.05, 4.69) is 36.2 Å². The second kappa shape index (κ2) is 5.14. The van der Waals surface area contributed by atoms with E-state index in [0.717, 1.165) is 5.56 Å². The Morgan fingerprint density at radius 1 is 1.27 bits per heavy atom. The van der Waals surface area contributed by atoms with Crippen molar-refractivity contribution in [2.45, 2.75) is 19.8 Å². The zero-order chi connectivity index (χ0) is 11.3. The first-order chi connectivity index (χ1) is 7.09. The molecular formula is C11H17N4+. The van der Waals surface area contributed by atoms with E-state index in [-0.39, 0.29) is 5.96 Å². The molecule has 0 bridgehead atoms. The van der Waals surface area contributed by atoms with Crippen LogP contribution in [0.25, 0.3) is 0 Å². The third-order valence-electron chi connectivity index (χ3n) is 2.03. The number of nitrogens with one attached hydrogen (secondary N) is 1. The van der Waals surface area contributed by atoms with Gasteiger partial charge in [0.05, 0.1) is 0 Å². The van der Waals surface area contributed by atoms with Crippen molar-refractivity contribution < 1.29 is 5.10 Å². The summed E-state index contributed by atoms with van der Waals surface area (Å²) in [6, 6.07) is 8.22. The first-order valence-electron chi connectivity index (χ1n) is 4.87. The van der Waals surface area contributed by atoms with E-state index in [1.807, 2.05) is 12.1 Å². The van der Waals surface area contributed by atoms with Crippen molar-refractivity contribution in [1.82, 2.24) is 0 Å². The highest BCUT2D eigenvalue weighted by Gasteiger charge is 1.98. The smallest absolute Gasteiger partial charge is 0.256 e. The lowest BCUT2D eigenvalue weighted by Gasteiger charge is -2.03. The second-order valence-electron chi connectivity index (χ2n) is 3.63. The molecule has 80 valence electrons. The number of rotatable bonds is 3. The van der Waals surface area contributed by atoms with Gasteiger partial charge in [-0.3, -0.25) is 0 Å². The van der Waals surface area contributed by atoms with Gasteiger partial charge in [0.1, 0.15) is 0 Å². The molecule has 4 heteroatoms. The Kier molecular flexibility index (Phi) is 3.85. The van der Waals surface area contributed by atoms with Crippen molar-refractivity contribution in [3.63, 3.8) is 0 Å². The van der Waals surface area contributed by atoms with Crippen LogP contribution in [0.4, 0.5) is 0 Å². The zero-order valence-corrected chi connectivity index (χ0v) is 9.07. The molecule has 0 aliphatic heterocycles. The Bertz CT molecular complexity index is 359. The topological polar surface area (TPSA) is 78.4 Å². The quantitative estimate of drug-likeness (QED) is 0.353. The van der Waals surface area contributed by atoms with Crippen molar-refractivity contribution in [2.75, 3.05) is 0 Å². The van der Waals surface area contributed by atoms with Crippen LogP contribution < -0.4 is 16.6 Å². The van der Waals surface area contributed by atoms with Crippen LogP contribution in [0.15, 0.2) is 29.4 Å². The normalized spacial score (nSPS) is 10.9. The SMILES string of the molecule is CC(C)c1ccc(C=[NH+]N=C(N)N)cc1. The zero-order valence-electron chi connectivity index (χ0n) is 9.07. The summed E-state index contributed by atoms with van der Waals surface area (Å²) in [5, 5.41) is 6.31. The fraction of sp³-hybridized carbons (Fsp3) is 0.273. The molecule has 0 unspecified atom stereocenters. The Balaban J connectivity index is 2.73. The molecule has 0 radical (unpaired) electrons. The fourth-order valence-electron chi connectivity index (χ4n) is 1.16. The number of hydrogen-bond acceptors (Lipinski definition) is 1. The standard InChI is InChI=1S/C11H16N4/c1-8(2)10-5-3-9(4-6-10)7-14-15-11(12)13/h3-8H,1-2H3,(H4,12,13,15)/p+1. The van der Waals surface area contributed by atoms with Crippen LogP contribution in [0.3, 0.4) is 0 Å². The summed E-state index contributed by atoms with van der Waals surface area (Å²) in [6.07, 6.45) is 1.74. The Morgan fingerprint density at radius 2 is 1.87 bits per heavy atom. The van der Waals surface area contributed by atoms with Crippen LogP contribution in [0.5, 0.6) is 0 Å². The maximum Gasteiger partial charge on any atom is 0.256 e. The highest BCUT2D eigenvalue weighted by Crippen LogP contribution is 2.13. The van der Waals surface area contributed by atoms with Crippen LogP contribution in [0, 0.1) is 0 Å². The fourth-order valence-corrected chi connectivity index (χ4v) is 1.16. The number of nitrogens with two attached hydrogens (primary N) is 2. The maximum absolute atomic E-state index is 5.17. The number of guanidine groups is 1. The minimum absolute atomic E-state index is 0.0186.